The number of amides is 2. The van der Waals surface area contributed by atoms with Gasteiger partial charge in [-0.1, -0.05) is 48.5 Å². The van der Waals surface area contributed by atoms with E-state index in [4.69, 9.17) is 0 Å². The molecule has 1 heterocycles. The third kappa shape index (κ3) is 4.67. The lowest BCUT2D eigenvalue weighted by atomic mass is 9.92. The zero-order chi connectivity index (χ0) is 23.6. The Morgan fingerprint density at radius 2 is 1.58 bits per heavy atom. The first-order chi connectivity index (χ1) is 15.8. The fourth-order valence-corrected chi connectivity index (χ4v) is 4.84. The highest BCUT2D eigenvalue weighted by Crippen LogP contribution is 2.26. The number of hydrogen-bond donors (Lipinski definition) is 1. The predicted molar refractivity (Wildman–Crippen MR) is 126 cm³/mol. The molecule has 1 atom stereocenters. The summed E-state index contributed by atoms with van der Waals surface area (Å²) in [6.45, 7) is 0.317. The van der Waals surface area contributed by atoms with Crippen molar-refractivity contribution in [2.24, 2.45) is 0 Å². The van der Waals surface area contributed by atoms with E-state index in [1.54, 1.807) is 41.3 Å². The molecule has 1 aliphatic heterocycles. The van der Waals surface area contributed by atoms with Crippen molar-refractivity contribution in [3.8, 4) is 0 Å². The van der Waals surface area contributed by atoms with Crippen molar-refractivity contribution in [2.75, 3.05) is 19.4 Å². The van der Waals surface area contributed by atoms with Crippen molar-refractivity contribution < 1.29 is 18.0 Å². The number of carbonyl (C=O) groups excluding carboxylic acids is 2. The molecule has 7 nitrogen and oxygen atoms in total. The Morgan fingerprint density at radius 3 is 2.27 bits per heavy atom. The molecule has 0 aliphatic carbocycles. The van der Waals surface area contributed by atoms with Gasteiger partial charge in [0.15, 0.2) is 0 Å². The highest BCUT2D eigenvalue weighted by molar-refractivity contribution is 7.89. The lowest BCUT2D eigenvalue weighted by Gasteiger charge is -2.36. The number of sulfonamides is 1. The summed E-state index contributed by atoms with van der Waals surface area (Å²) in [5.41, 5.74) is 2.88. The van der Waals surface area contributed by atoms with Crippen molar-refractivity contribution in [1.29, 1.82) is 0 Å². The van der Waals surface area contributed by atoms with E-state index in [-0.39, 0.29) is 16.7 Å². The van der Waals surface area contributed by atoms with Crippen LogP contribution in [-0.2, 0) is 27.8 Å². The lowest BCUT2D eigenvalue weighted by molar-refractivity contribution is -0.121. The number of hydrogen-bond acceptors (Lipinski definition) is 4. The van der Waals surface area contributed by atoms with Crippen LogP contribution in [0.1, 0.15) is 21.5 Å². The normalized spacial score (nSPS) is 15.7. The van der Waals surface area contributed by atoms with Crippen LogP contribution in [0.5, 0.6) is 0 Å². The summed E-state index contributed by atoms with van der Waals surface area (Å²) >= 11 is 0. The molecule has 0 saturated carbocycles. The Morgan fingerprint density at radius 1 is 0.909 bits per heavy atom. The van der Waals surface area contributed by atoms with Crippen LogP contribution in [0.3, 0.4) is 0 Å². The molecule has 4 rings (SSSR count). The maximum atomic E-state index is 13.4. The Kier molecular flexibility index (Phi) is 6.31. The van der Waals surface area contributed by atoms with Crippen molar-refractivity contribution in [1.82, 2.24) is 9.21 Å². The average molecular weight is 464 g/mol. The molecular formula is C25H25N3O4S. The summed E-state index contributed by atoms with van der Waals surface area (Å²) < 4.78 is 26.1. The first-order valence-corrected chi connectivity index (χ1v) is 12.0. The van der Waals surface area contributed by atoms with Crippen molar-refractivity contribution in [3.63, 3.8) is 0 Å². The van der Waals surface area contributed by atoms with Crippen LogP contribution in [0.4, 0.5) is 5.69 Å². The number of fused-ring (bicyclic) bond motifs is 1. The number of anilines is 1. The summed E-state index contributed by atoms with van der Waals surface area (Å²) in [5, 5.41) is 2.81. The van der Waals surface area contributed by atoms with Gasteiger partial charge < -0.3 is 10.2 Å². The van der Waals surface area contributed by atoms with Gasteiger partial charge in [-0.25, -0.2) is 12.7 Å². The molecule has 0 saturated heterocycles. The van der Waals surface area contributed by atoms with E-state index in [9.17, 15) is 18.0 Å². The molecule has 0 aromatic heterocycles. The van der Waals surface area contributed by atoms with Crippen molar-refractivity contribution >= 4 is 27.5 Å². The fraction of sp³-hybridized carbons (Fsp3) is 0.200. The van der Waals surface area contributed by atoms with Crippen LogP contribution in [0.25, 0.3) is 0 Å². The predicted octanol–water partition coefficient (Wildman–Crippen LogP) is 3.14. The average Bonchev–Trinajstić information content (AvgIpc) is 2.83. The second-order valence-electron chi connectivity index (χ2n) is 8.09. The zero-order valence-corrected chi connectivity index (χ0v) is 19.2. The molecule has 2 amide bonds. The standard InChI is InChI=1S/C25H25N3O4S/c1-27(2)33(31,32)22-14-8-13-21(16-22)26-24(29)23-15-19-11-6-7-12-20(19)17-28(23)25(30)18-9-4-3-5-10-18/h3-14,16,23H,15,17H2,1-2H3,(H,26,29)/t23-/m1/s1. The molecule has 170 valence electrons. The lowest BCUT2D eigenvalue weighted by Crippen LogP contribution is -2.50. The molecule has 0 bridgehead atoms. The molecule has 1 aliphatic rings. The summed E-state index contributed by atoms with van der Waals surface area (Å²) in [6, 6.07) is 22.0. The number of rotatable bonds is 5. The van der Waals surface area contributed by atoms with Crippen LogP contribution < -0.4 is 5.32 Å². The number of nitrogens with one attached hydrogen (secondary N) is 1. The van der Waals surface area contributed by atoms with E-state index in [1.165, 1.54) is 26.2 Å². The molecule has 0 radical (unpaired) electrons. The molecular weight excluding hydrogens is 438 g/mol. The number of nitrogens with zero attached hydrogens (tertiary/aromatic N) is 2. The van der Waals surface area contributed by atoms with Crippen molar-refractivity contribution in [3.05, 3.63) is 95.6 Å². The quantitative estimate of drug-likeness (QED) is 0.630. The molecule has 1 N–H and O–H groups in total. The van der Waals surface area contributed by atoms with E-state index in [0.29, 0.717) is 24.2 Å². The summed E-state index contributed by atoms with van der Waals surface area (Å²) in [5.74, 6) is -0.595. The minimum atomic E-state index is -3.64. The van der Waals surface area contributed by atoms with Gasteiger partial charge in [-0.3, -0.25) is 9.59 Å². The van der Waals surface area contributed by atoms with Gasteiger partial charge in [0.1, 0.15) is 6.04 Å². The van der Waals surface area contributed by atoms with E-state index in [1.807, 2.05) is 30.3 Å². The minimum absolute atomic E-state index is 0.0801. The number of benzene rings is 3. The van der Waals surface area contributed by atoms with Crippen LogP contribution in [-0.4, -0.2) is 49.6 Å². The van der Waals surface area contributed by atoms with Crippen LogP contribution in [0.15, 0.2) is 83.8 Å². The first kappa shape index (κ1) is 22.7. The highest BCUT2D eigenvalue weighted by atomic mass is 32.2. The van der Waals surface area contributed by atoms with Gasteiger partial charge in [0, 0.05) is 38.3 Å². The molecule has 0 unspecified atom stereocenters. The molecule has 3 aromatic rings. The van der Waals surface area contributed by atoms with Gasteiger partial charge in [-0.05, 0) is 41.5 Å². The van der Waals surface area contributed by atoms with Gasteiger partial charge in [0.05, 0.1) is 4.90 Å². The summed E-state index contributed by atoms with van der Waals surface area (Å²) in [6.07, 6.45) is 0.371. The largest absolute Gasteiger partial charge is 0.324 e. The van der Waals surface area contributed by atoms with Gasteiger partial charge in [0.25, 0.3) is 5.91 Å². The van der Waals surface area contributed by atoms with Gasteiger partial charge in [0.2, 0.25) is 15.9 Å². The second kappa shape index (κ2) is 9.17. The molecule has 0 fully saturated rings. The van der Waals surface area contributed by atoms with Gasteiger partial charge in [-0.2, -0.15) is 0 Å². The van der Waals surface area contributed by atoms with E-state index < -0.39 is 16.1 Å². The van der Waals surface area contributed by atoms with E-state index >= 15 is 0 Å². The topological polar surface area (TPSA) is 86.8 Å². The van der Waals surface area contributed by atoms with Gasteiger partial charge >= 0.3 is 0 Å². The Bertz CT molecular complexity index is 1290. The molecule has 8 heteroatoms. The summed E-state index contributed by atoms with van der Waals surface area (Å²) in [4.78, 5) is 28.3. The summed E-state index contributed by atoms with van der Waals surface area (Å²) in [7, 11) is -0.740. The van der Waals surface area contributed by atoms with Crippen LogP contribution in [0.2, 0.25) is 0 Å². The minimum Gasteiger partial charge on any atom is -0.324 e. The third-order valence-corrected chi connectivity index (χ3v) is 7.52. The SMILES string of the molecule is CN(C)S(=O)(=O)c1cccc(NC(=O)[C@H]2Cc3ccccc3CN2C(=O)c2ccccc2)c1. The Hall–Kier alpha value is -3.49. The highest BCUT2D eigenvalue weighted by Gasteiger charge is 2.35. The van der Waals surface area contributed by atoms with Crippen molar-refractivity contribution in [2.45, 2.75) is 23.9 Å². The molecule has 0 spiro atoms. The first-order valence-electron chi connectivity index (χ1n) is 10.5. The second-order valence-corrected chi connectivity index (χ2v) is 10.2. The van der Waals surface area contributed by atoms with Crippen LogP contribution >= 0.6 is 0 Å². The molecule has 33 heavy (non-hydrogen) atoms. The maximum Gasteiger partial charge on any atom is 0.254 e. The Balaban J connectivity index is 1.64. The third-order valence-electron chi connectivity index (χ3n) is 5.71. The maximum absolute atomic E-state index is 13.4. The van der Waals surface area contributed by atoms with Gasteiger partial charge in [-0.15, -0.1) is 0 Å². The van der Waals surface area contributed by atoms with Crippen LogP contribution in [0, 0.1) is 0 Å². The fourth-order valence-electron chi connectivity index (χ4n) is 3.89. The van der Waals surface area contributed by atoms with E-state index in [0.717, 1.165) is 15.4 Å². The Labute approximate surface area is 193 Å². The smallest absolute Gasteiger partial charge is 0.254 e. The number of carbonyl (C=O) groups is 2. The monoisotopic (exact) mass is 463 g/mol. The van der Waals surface area contributed by atoms with E-state index in [2.05, 4.69) is 5.32 Å². The molecule has 3 aromatic carbocycles. The zero-order valence-electron chi connectivity index (χ0n) is 18.4.